The van der Waals surface area contributed by atoms with Gasteiger partial charge in [0.25, 0.3) is 0 Å². The molecular formula is C16H22O3. The maximum atomic E-state index is 10.9. The van der Waals surface area contributed by atoms with Gasteiger partial charge in [-0.2, -0.15) is 0 Å². The molecule has 3 nitrogen and oxygen atoms in total. The van der Waals surface area contributed by atoms with E-state index in [2.05, 4.69) is 20.8 Å². The molecule has 1 aliphatic heterocycles. The van der Waals surface area contributed by atoms with Gasteiger partial charge in [-0.1, -0.05) is 20.8 Å². The van der Waals surface area contributed by atoms with Crippen molar-refractivity contribution < 1.29 is 14.3 Å². The number of carbonyl (C=O) groups excluding carboxylic acids is 1. The molecule has 2 rings (SSSR count). The van der Waals surface area contributed by atoms with Crippen molar-refractivity contribution in [2.75, 3.05) is 13.2 Å². The molecular weight excluding hydrogens is 240 g/mol. The Morgan fingerprint density at radius 3 is 2.79 bits per heavy atom. The first-order valence-electron chi connectivity index (χ1n) is 6.85. The lowest BCUT2D eigenvalue weighted by Crippen LogP contribution is -2.19. The molecule has 1 aromatic rings. The molecule has 3 heteroatoms. The summed E-state index contributed by atoms with van der Waals surface area (Å²) in [7, 11) is 0. The SMILES string of the molecule is CC(C)(C)c1cc(C=O)ccc1OCC1CCCO1. The molecule has 1 atom stereocenters. The molecule has 1 fully saturated rings. The molecule has 0 radical (unpaired) electrons. The van der Waals surface area contributed by atoms with Gasteiger partial charge in [-0.15, -0.1) is 0 Å². The molecule has 1 heterocycles. The van der Waals surface area contributed by atoms with Crippen LogP contribution in [0.3, 0.4) is 0 Å². The van der Waals surface area contributed by atoms with E-state index >= 15 is 0 Å². The van der Waals surface area contributed by atoms with Gasteiger partial charge in [0, 0.05) is 17.7 Å². The summed E-state index contributed by atoms with van der Waals surface area (Å²) in [5, 5.41) is 0. The van der Waals surface area contributed by atoms with Gasteiger partial charge in [-0.3, -0.25) is 4.79 Å². The second-order valence-corrected chi connectivity index (χ2v) is 6.07. The molecule has 1 aromatic carbocycles. The van der Waals surface area contributed by atoms with Crippen LogP contribution in [0.2, 0.25) is 0 Å². The second-order valence-electron chi connectivity index (χ2n) is 6.07. The number of hydrogen-bond donors (Lipinski definition) is 0. The molecule has 0 saturated carbocycles. The molecule has 0 aliphatic carbocycles. The molecule has 1 saturated heterocycles. The predicted molar refractivity (Wildman–Crippen MR) is 75.0 cm³/mol. The fourth-order valence-corrected chi connectivity index (χ4v) is 2.29. The van der Waals surface area contributed by atoms with Gasteiger partial charge < -0.3 is 9.47 Å². The van der Waals surface area contributed by atoms with Crippen LogP contribution in [-0.4, -0.2) is 25.6 Å². The standard InChI is InChI=1S/C16H22O3/c1-16(2,3)14-9-12(10-17)6-7-15(14)19-11-13-5-4-8-18-13/h6-7,9-10,13H,4-5,8,11H2,1-3H3. The fraction of sp³-hybridized carbons (Fsp3) is 0.562. The first-order chi connectivity index (χ1) is 9.00. The maximum Gasteiger partial charge on any atom is 0.150 e. The highest BCUT2D eigenvalue weighted by molar-refractivity contribution is 5.75. The number of hydrogen-bond acceptors (Lipinski definition) is 3. The third-order valence-corrected chi connectivity index (χ3v) is 3.40. The van der Waals surface area contributed by atoms with Crippen molar-refractivity contribution in [1.82, 2.24) is 0 Å². The minimum Gasteiger partial charge on any atom is -0.491 e. The second kappa shape index (κ2) is 5.74. The highest BCUT2D eigenvalue weighted by Gasteiger charge is 2.21. The van der Waals surface area contributed by atoms with E-state index in [1.165, 1.54) is 0 Å². The fourth-order valence-electron chi connectivity index (χ4n) is 2.29. The van der Waals surface area contributed by atoms with Crippen molar-refractivity contribution in [3.05, 3.63) is 29.3 Å². The lowest BCUT2D eigenvalue weighted by Gasteiger charge is -2.24. The smallest absolute Gasteiger partial charge is 0.150 e. The minimum absolute atomic E-state index is 0.0507. The van der Waals surface area contributed by atoms with Crippen molar-refractivity contribution in [2.45, 2.75) is 45.1 Å². The van der Waals surface area contributed by atoms with Gasteiger partial charge in [-0.05, 0) is 36.5 Å². The highest BCUT2D eigenvalue weighted by Crippen LogP contribution is 2.32. The quantitative estimate of drug-likeness (QED) is 0.781. The lowest BCUT2D eigenvalue weighted by atomic mass is 9.85. The molecule has 0 amide bonds. The summed E-state index contributed by atoms with van der Waals surface area (Å²) in [6.45, 7) is 7.79. The van der Waals surface area contributed by atoms with Crippen molar-refractivity contribution in [3.63, 3.8) is 0 Å². The Balaban J connectivity index is 2.15. The van der Waals surface area contributed by atoms with Crippen LogP contribution in [0.15, 0.2) is 18.2 Å². The number of ether oxygens (including phenoxy) is 2. The van der Waals surface area contributed by atoms with Crippen molar-refractivity contribution in [2.24, 2.45) is 0 Å². The van der Waals surface area contributed by atoms with Crippen molar-refractivity contribution in [3.8, 4) is 5.75 Å². The third-order valence-electron chi connectivity index (χ3n) is 3.40. The van der Waals surface area contributed by atoms with Crippen LogP contribution >= 0.6 is 0 Å². The van der Waals surface area contributed by atoms with Crippen LogP contribution in [0, 0.1) is 0 Å². The number of benzene rings is 1. The normalized spacial score (nSPS) is 19.4. The molecule has 0 aromatic heterocycles. The van der Waals surface area contributed by atoms with E-state index in [4.69, 9.17) is 9.47 Å². The average molecular weight is 262 g/mol. The Morgan fingerprint density at radius 2 is 2.21 bits per heavy atom. The largest absolute Gasteiger partial charge is 0.491 e. The summed E-state index contributed by atoms with van der Waals surface area (Å²) in [6.07, 6.45) is 3.26. The van der Waals surface area contributed by atoms with E-state index in [1.54, 1.807) is 6.07 Å². The number of carbonyl (C=O) groups is 1. The van der Waals surface area contributed by atoms with Gasteiger partial charge >= 0.3 is 0 Å². The van der Waals surface area contributed by atoms with E-state index in [0.29, 0.717) is 12.2 Å². The van der Waals surface area contributed by atoms with E-state index in [-0.39, 0.29) is 11.5 Å². The zero-order valence-electron chi connectivity index (χ0n) is 11.9. The number of aldehydes is 1. The number of rotatable bonds is 4. The summed E-state index contributed by atoms with van der Waals surface area (Å²) in [5.41, 5.74) is 1.70. The zero-order valence-corrected chi connectivity index (χ0v) is 11.9. The van der Waals surface area contributed by atoms with Crippen LogP contribution in [0.25, 0.3) is 0 Å². The Hall–Kier alpha value is -1.35. The molecule has 0 spiro atoms. The van der Waals surface area contributed by atoms with E-state index < -0.39 is 0 Å². The Labute approximate surface area is 114 Å². The maximum absolute atomic E-state index is 10.9. The first-order valence-corrected chi connectivity index (χ1v) is 6.85. The molecule has 104 valence electrons. The van der Waals surface area contributed by atoms with E-state index in [9.17, 15) is 4.79 Å². The van der Waals surface area contributed by atoms with E-state index in [1.807, 2.05) is 12.1 Å². The first kappa shape index (κ1) is 14.1. The summed E-state index contributed by atoms with van der Waals surface area (Å²) in [6, 6.07) is 5.60. The highest BCUT2D eigenvalue weighted by atomic mass is 16.5. The van der Waals surface area contributed by atoms with Gasteiger partial charge in [0.2, 0.25) is 0 Å². The Kier molecular flexibility index (Phi) is 4.25. The van der Waals surface area contributed by atoms with Crippen LogP contribution < -0.4 is 4.74 Å². The van der Waals surface area contributed by atoms with Crippen molar-refractivity contribution in [1.29, 1.82) is 0 Å². The molecule has 1 unspecified atom stereocenters. The molecule has 1 aliphatic rings. The monoisotopic (exact) mass is 262 g/mol. The lowest BCUT2D eigenvalue weighted by molar-refractivity contribution is 0.0673. The van der Waals surface area contributed by atoms with Crippen LogP contribution in [0.1, 0.15) is 49.5 Å². The summed E-state index contributed by atoms with van der Waals surface area (Å²) < 4.78 is 11.5. The van der Waals surface area contributed by atoms with Gasteiger partial charge in [-0.25, -0.2) is 0 Å². The molecule has 19 heavy (non-hydrogen) atoms. The van der Waals surface area contributed by atoms with Crippen molar-refractivity contribution >= 4 is 6.29 Å². The zero-order chi connectivity index (χ0) is 13.9. The average Bonchev–Trinajstić information content (AvgIpc) is 2.88. The van der Waals surface area contributed by atoms with Crippen LogP contribution in [-0.2, 0) is 10.2 Å². The van der Waals surface area contributed by atoms with E-state index in [0.717, 1.165) is 37.0 Å². The summed E-state index contributed by atoms with van der Waals surface area (Å²) in [4.78, 5) is 10.9. The minimum atomic E-state index is -0.0507. The van der Waals surface area contributed by atoms with Gasteiger partial charge in [0.15, 0.2) is 0 Å². The van der Waals surface area contributed by atoms with Gasteiger partial charge in [0.05, 0.1) is 6.10 Å². The van der Waals surface area contributed by atoms with Gasteiger partial charge in [0.1, 0.15) is 18.6 Å². The van der Waals surface area contributed by atoms with Crippen LogP contribution in [0.4, 0.5) is 0 Å². The topological polar surface area (TPSA) is 35.5 Å². The van der Waals surface area contributed by atoms with Crippen LogP contribution in [0.5, 0.6) is 5.75 Å². The Morgan fingerprint density at radius 1 is 1.42 bits per heavy atom. The molecule has 0 N–H and O–H groups in total. The molecule has 0 bridgehead atoms. The third kappa shape index (κ3) is 3.57. The predicted octanol–water partition coefficient (Wildman–Crippen LogP) is 3.35. The summed E-state index contributed by atoms with van der Waals surface area (Å²) in [5.74, 6) is 0.855. The Bertz CT molecular complexity index is 440. The summed E-state index contributed by atoms with van der Waals surface area (Å²) >= 11 is 0.